The average Bonchev–Trinajstić information content (AvgIpc) is 2.98. The minimum Gasteiger partial charge on any atom is -0.481 e. The van der Waals surface area contributed by atoms with Crippen LogP contribution in [0.25, 0.3) is 0 Å². The molecule has 1 aliphatic rings. The molecule has 84 valence electrons. The van der Waals surface area contributed by atoms with Crippen molar-refractivity contribution < 1.29 is 19.2 Å². The lowest BCUT2D eigenvalue weighted by Gasteiger charge is -2.10. The van der Waals surface area contributed by atoms with Crippen LogP contribution in [0.15, 0.2) is 18.2 Å². The largest absolute Gasteiger partial charge is 0.481 e. The van der Waals surface area contributed by atoms with Crippen molar-refractivity contribution in [2.45, 2.75) is 18.3 Å². The second-order valence-electron chi connectivity index (χ2n) is 3.78. The fourth-order valence-electron chi connectivity index (χ4n) is 1.75. The Balaban J connectivity index is 2.55. The number of nitrogens with zero attached hydrogens (tertiary/aromatic N) is 1. The zero-order valence-electron chi connectivity index (χ0n) is 8.14. The van der Waals surface area contributed by atoms with Crippen LogP contribution in [0.3, 0.4) is 0 Å². The van der Waals surface area contributed by atoms with Crippen molar-refractivity contribution >= 4 is 11.7 Å². The Labute approximate surface area is 89.7 Å². The third kappa shape index (κ3) is 1.34. The van der Waals surface area contributed by atoms with E-state index in [1.807, 2.05) is 0 Å². The molecule has 0 bridgehead atoms. The first-order chi connectivity index (χ1) is 7.49. The van der Waals surface area contributed by atoms with Crippen LogP contribution in [0.4, 0.5) is 10.1 Å². The third-order valence-electron chi connectivity index (χ3n) is 2.85. The average molecular weight is 225 g/mol. The summed E-state index contributed by atoms with van der Waals surface area (Å²) in [5.41, 5.74) is -2.02. The van der Waals surface area contributed by atoms with Crippen LogP contribution in [0.1, 0.15) is 18.4 Å². The molecule has 0 aliphatic heterocycles. The molecule has 0 saturated heterocycles. The zero-order chi connectivity index (χ0) is 11.9. The number of carboxylic acids is 1. The van der Waals surface area contributed by atoms with Gasteiger partial charge >= 0.3 is 11.7 Å². The minimum absolute atomic E-state index is 0.0887. The molecule has 1 saturated carbocycles. The van der Waals surface area contributed by atoms with Crippen molar-refractivity contribution in [3.8, 4) is 0 Å². The van der Waals surface area contributed by atoms with Crippen LogP contribution in [0.2, 0.25) is 0 Å². The van der Waals surface area contributed by atoms with E-state index in [1.54, 1.807) is 0 Å². The lowest BCUT2D eigenvalue weighted by atomic mass is 9.95. The molecule has 2 rings (SSSR count). The molecule has 0 radical (unpaired) electrons. The molecule has 0 amide bonds. The van der Waals surface area contributed by atoms with Gasteiger partial charge in [0.05, 0.1) is 10.3 Å². The summed E-state index contributed by atoms with van der Waals surface area (Å²) in [6.07, 6.45) is 0.640. The van der Waals surface area contributed by atoms with Crippen molar-refractivity contribution in [2.24, 2.45) is 0 Å². The van der Waals surface area contributed by atoms with Crippen molar-refractivity contribution in [3.63, 3.8) is 0 Å². The molecule has 1 fully saturated rings. The van der Waals surface area contributed by atoms with Gasteiger partial charge in [-0.25, -0.2) is 0 Å². The third-order valence-corrected chi connectivity index (χ3v) is 2.85. The molecule has 0 spiro atoms. The molecule has 5 nitrogen and oxygen atoms in total. The molecule has 0 atom stereocenters. The Kier molecular flexibility index (Phi) is 2.15. The van der Waals surface area contributed by atoms with Crippen molar-refractivity contribution in [1.29, 1.82) is 0 Å². The number of benzene rings is 1. The Morgan fingerprint density at radius 3 is 2.56 bits per heavy atom. The van der Waals surface area contributed by atoms with Crippen LogP contribution >= 0.6 is 0 Å². The SMILES string of the molecule is O=C(O)C1(c2cccc([N+](=O)[O-])c2F)CC1. The lowest BCUT2D eigenvalue weighted by Crippen LogP contribution is -2.21. The summed E-state index contributed by atoms with van der Waals surface area (Å²) in [5.74, 6) is -2.17. The second kappa shape index (κ2) is 3.26. The van der Waals surface area contributed by atoms with Crippen LogP contribution in [-0.4, -0.2) is 16.0 Å². The number of nitro groups is 1. The lowest BCUT2D eigenvalue weighted by molar-refractivity contribution is -0.387. The smallest absolute Gasteiger partial charge is 0.314 e. The van der Waals surface area contributed by atoms with Gasteiger partial charge in [-0.3, -0.25) is 14.9 Å². The predicted octanol–water partition coefficient (Wildman–Crippen LogP) is 1.85. The molecule has 1 N–H and O–H groups in total. The Hall–Kier alpha value is -1.98. The summed E-state index contributed by atoms with van der Waals surface area (Å²) in [6, 6.07) is 3.62. The maximum Gasteiger partial charge on any atom is 0.314 e. The number of rotatable bonds is 3. The quantitative estimate of drug-likeness (QED) is 0.628. The number of carbonyl (C=O) groups is 1. The fourth-order valence-corrected chi connectivity index (χ4v) is 1.75. The maximum absolute atomic E-state index is 13.7. The number of nitro benzene ring substituents is 1. The van der Waals surface area contributed by atoms with E-state index in [9.17, 15) is 19.3 Å². The van der Waals surface area contributed by atoms with Gasteiger partial charge in [-0.2, -0.15) is 4.39 Å². The first kappa shape index (κ1) is 10.5. The molecule has 1 aromatic carbocycles. The molecule has 1 aromatic rings. The molecule has 0 aromatic heterocycles. The summed E-state index contributed by atoms with van der Waals surface area (Å²) >= 11 is 0. The van der Waals surface area contributed by atoms with Crippen molar-refractivity contribution in [1.82, 2.24) is 0 Å². The van der Waals surface area contributed by atoms with Crippen LogP contribution in [0, 0.1) is 15.9 Å². The minimum atomic E-state index is -1.25. The second-order valence-corrected chi connectivity index (χ2v) is 3.78. The highest BCUT2D eigenvalue weighted by Crippen LogP contribution is 2.50. The predicted molar refractivity (Wildman–Crippen MR) is 51.6 cm³/mol. The van der Waals surface area contributed by atoms with E-state index in [2.05, 4.69) is 0 Å². The summed E-state index contributed by atoms with van der Waals surface area (Å²) in [6.45, 7) is 0. The standard InChI is InChI=1S/C10H8FNO4/c11-8-6(10(4-5-10)9(13)14)2-1-3-7(8)12(15)16/h1-3H,4-5H2,(H,13,14). The molecule has 0 unspecified atom stereocenters. The molecule has 1 aliphatic carbocycles. The van der Waals surface area contributed by atoms with Gasteiger partial charge in [0.2, 0.25) is 5.82 Å². The van der Waals surface area contributed by atoms with E-state index < -0.39 is 27.8 Å². The van der Waals surface area contributed by atoms with Gasteiger partial charge in [-0.1, -0.05) is 12.1 Å². The zero-order valence-corrected chi connectivity index (χ0v) is 8.14. The molecule has 6 heteroatoms. The highest BCUT2D eigenvalue weighted by atomic mass is 19.1. The van der Waals surface area contributed by atoms with Gasteiger partial charge in [0.1, 0.15) is 0 Å². The van der Waals surface area contributed by atoms with E-state index >= 15 is 0 Å². The summed E-state index contributed by atoms with van der Waals surface area (Å²) in [7, 11) is 0. The summed E-state index contributed by atoms with van der Waals surface area (Å²) in [5, 5.41) is 19.5. The number of hydrogen-bond donors (Lipinski definition) is 1. The van der Waals surface area contributed by atoms with E-state index in [1.165, 1.54) is 12.1 Å². The van der Waals surface area contributed by atoms with Gasteiger partial charge in [0.25, 0.3) is 0 Å². The van der Waals surface area contributed by atoms with Crippen molar-refractivity contribution in [3.05, 3.63) is 39.7 Å². The van der Waals surface area contributed by atoms with Crippen LogP contribution in [-0.2, 0) is 10.2 Å². The van der Waals surface area contributed by atoms with E-state index in [0.29, 0.717) is 12.8 Å². The maximum atomic E-state index is 13.7. The van der Waals surface area contributed by atoms with Crippen molar-refractivity contribution in [2.75, 3.05) is 0 Å². The Bertz CT molecular complexity index is 482. The van der Waals surface area contributed by atoms with Crippen LogP contribution < -0.4 is 0 Å². The van der Waals surface area contributed by atoms with Gasteiger partial charge < -0.3 is 5.11 Å². The van der Waals surface area contributed by atoms with Gasteiger partial charge in [-0.05, 0) is 12.8 Å². The van der Waals surface area contributed by atoms with E-state index in [4.69, 9.17) is 5.11 Å². The normalized spacial score (nSPS) is 16.8. The number of carboxylic acid groups (broad SMARTS) is 1. The number of halogens is 1. The fraction of sp³-hybridized carbons (Fsp3) is 0.300. The highest BCUT2D eigenvalue weighted by molar-refractivity contribution is 5.85. The topological polar surface area (TPSA) is 80.4 Å². The van der Waals surface area contributed by atoms with E-state index in [-0.39, 0.29) is 5.56 Å². The monoisotopic (exact) mass is 225 g/mol. The molecular weight excluding hydrogens is 217 g/mol. The van der Waals surface area contributed by atoms with Gasteiger partial charge in [0.15, 0.2) is 0 Å². The summed E-state index contributed by atoms with van der Waals surface area (Å²) < 4.78 is 13.7. The molecular formula is C10H8FNO4. The number of hydrogen-bond acceptors (Lipinski definition) is 3. The highest BCUT2D eigenvalue weighted by Gasteiger charge is 2.54. The summed E-state index contributed by atoms with van der Waals surface area (Å²) in [4.78, 5) is 20.6. The van der Waals surface area contributed by atoms with E-state index in [0.717, 1.165) is 6.07 Å². The Morgan fingerprint density at radius 1 is 1.50 bits per heavy atom. The van der Waals surface area contributed by atoms with Gasteiger partial charge in [-0.15, -0.1) is 0 Å². The van der Waals surface area contributed by atoms with Gasteiger partial charge in [0, 0.05) is 11.6 Å². The molecule has 16 heavy (non-hydrogen) atoms. The first-order valence-corrected chi connectivity index (χ1v) is 4.66. The first-order valence-electron chi connectivity index (χ1n) is 4.66. The number of aliphatic carboxylic acids is 1. The molecule has 0 heterocycles. The van der Waals surface area contributed by atoms with Crippen LogP contribution in [0.5, 0.6) is 0 Å². The Morgan fingerprint density at radius 2 is 2.12 bits per heavy atom.